The maximum atomic E-state index is 11.3. The first-order chi connectivity index (χ1) is 11.7. The first-order valence-electron chi connectivity index (χ1n) is 8.09. The summed E-state index contributed by atoms with van der Waals surface area (Å²) in [5.74, 6) is 0.518. The fraction of sp³-hybridized carbons (Fsp3) is 0.263. The Hall–Kier alpha value is -2.82. The molecule has 24 heavy (non-hydrogen) atoms. The summed E-state index contributed by atoms with van der Waals surface area (Å²) >= 11 is 0. The van der Waals surface area contributed by atoms with Crippen LogP contribution in [-0.2, 0) is 11.3 Å². The number of nitrogens with zero attached hydrogens (tertiary/aromatic N) is 2. The molecule has 0 amide bonds. The summed E-state index contributed by atoms with van der Waals surface area (Å²) in [6, 6.07) is 15.2. The van der Waals surface area contributed by atoms with Crippen LogP contribution in [0.2, 0.25) is 0 Å². The van der Waals surface area contributed by atoms with Crippen molar-refractivity contribution < 1.29 is 14.6 Å². The molecule has 0 atom stereocenters. The highest BCUT2D eigenvalue weighted by molar-refractivity contribution is 5.83. The topological polar surface area (TPSA) is 64.4 Å². The van der Waals surface area contributed by atoms with Gasteiger partial charge in [0.15, 0.2) is 0 Å². The number of unbranched alkanes of at least 4 members (excludes halogenated alkanes) is 1. The molecule has 0 fully saturated rings. The molecule has 124 valence electrons. The van der Waals surface area contributed by atoms with Gasteiger partial charge in [-0.05, 0) is 30.7 Å². The van der Waals surface area contributed by atoms with Gasteiger partial charge in [-0.2, -0.15) is 0 Å². The molecule has 1 N–H and O–H groups in total. The Morgan fingerprint density at radius 3 is 2.83 bits per heavy atom. The predicted octanol–water partition coefficient (Wildman–Crippen LogP) is 3.97. The number of hydrogen-bond acceptors (Lipinski definition) is 3. The lowest BCUT2D eigenvalue weighted by Crippen LogP contribution is -2.10. The largest absolute Gasteiger partial charge is 0.494 e. The highest BCUT2D eigenvalue weighted by Gasteiger charge is 2.15. The smallest absolute Gasteiger partial charge is 0.323 e. The Morgan fingerprint density at radius 1 is 1.21 bits per heavy atom. The van der Waals surface area contributed by atoms with E-state index in [1.165, 1.54) is 0 Å². The second kappa shape index (κ2) is 7.17. The minimum absolute atomic E-state index is 0.128. The molecular weight excluding hydrogens is 304 g/mol. The first-order valence-corrected chi connectivity index (χ1v) is 8.09. The van der Waals surface area contributed by atoms with Gasteiger partial charge in [-0.15, -0.1) is 0 Å². The van der Waals surface area contributed by atoms with Crippen LogP contribution in [0.3, 0.4) is 0 Å². The van der Waals surface area contributed by atoms with E-state index in [0.717, 1.165) is 35.2 Å². The minimum atomic E-state index is -0.894. The van der Waals surface area contributed by atoms with Gasteiger partial charge in [-0.1, -0.05) is 37.6 Å². The highest BCUT2D eigenvalue weighted by Crippen LogP contribution is 2.27. The molecule has 0 aliphatic rings. The van der Waals surface area contributed by atoms with Crippen molar-refractivity contribution in [3.8, 4) is 17.1 Å². The number of aliphatic carboxylic acids is 1. The number of hydrogen-bond donors (Lipinski definition) is 1. The Labute approximate surface area is 140 Å². The van der Waals surface area contributed by atoms with E-state index in [1.54, 1.807) is 4.57 Å². The van der Waals surface area contributed by atoms with E-state index in [0.29, 0.717) is 12.4 Å². The molecule has 3 aromatic rings. The van der Waals surface area contributed by atoms with Gasteiger partial charge < -0.3 is 14.4 Å². The third-order valence-corrected chi connectivity index (χ3v) is 3.81. The molecule has 3 rings (SSSR count). The fourth-order valence-corrected chi connectivity index (χ4v) is 2.65. The number of para-hydroxylation sites is 2. The summed E-state index contributed by atoms with van der Waals surface area (Å²) < 4.78 is 7.48. The second-order valence-electron chi connectivity index (χ2n) is 5.63. The van der Waals surface area contributed by atoms with E-state index in [1.807, 2.05) is 48.5 Å². The molecule has 2 aromatic carbocycles. The van der Waals surface area contributed by atoms with Crippen molar-refractivity contribution >= 4 is 17.0 Å². The second-order valence-corrected chi connectivity index (χ2v) is 5.63. The van der Waals surface area contributed by atoms with Gasteiger partial charge in [0.2, 0.25) is 0 Å². The SMILES string of the molecule is CCCCOc1cccc(-c2nc3ccccc3n2CC(=O)O)c1. The third-order valence-electron chi connectivity index (χ3n) is 3.81. The van der Waals surface area contributed by atoms with Crippen LogP contribution in [0.15, 0.2) is 48.5 Å². The molecule has 0 spiro atoms. The Bertz CT molecular complexity index is 855. The molecule has 0 bridgehead atoms. The van der Waals surface area contributed by atoms with Crippen molar-refractivity contribution in [2.45, 2.75) is 26.3 Å². The zero-order valence-corrected chi connectivity index (χ0v) is 13.6. The van der Waals surface area contributed by atoms with Crippen LogP contribution in [0.25, 0.3) is 22.4 Å². The van der Waals surface area contributed by atoms with Crippen LogP contribution >= 0.6 is 0 Å². The number of carboxylic acids is 1. The fourth-order valence-electron chi connectivity index (χ4n) is 2.65. The Morgan fingerprint density at radius 2 is 2.04 bits per heavy atom. The summed E-state index contributed by atoms with van der Waals surface area (Å²) in [6.45, 7) is 2.66. The Kier molecular flexibility index (Phi) is 4.79. The molecule has 0 aliphatic carbocycles. The predicted molar refractivity (Wildman–Crippen MR) is 93.2 cm³/mol. The van der Waals surface area contributed by atoms with Gasteiger partial charge in [0.1, 0.15) is 18.1 Å². The lowest BCUT2D eigenvalue weighted by molar-refractivity contribution is -0.137. The van der Waals surface area contributed by atoms with E-state index in [-0.39, 0.29) is 6.54 Å². The summed E-state index contributed by atoms with van der Waals surface area (Å²) in [5, 5.41) is 9.24. The molecule has 0 radical (unpaired) electrons. The number of carbonyl (C=O) groups is 1. The summed E-state index contributed by atoms with van der Waals surface area (Å²) in [6.07, 6.45) is 2.08. The van der Waals surface area contributed by atoms with E-state index < -0.39 is 5.97 Å². The van der Waals surface area contributed by atoms with Crippen molar-refractivity contribution in [2.24, 2.45) is 0 Å². The van der Waals surface area contributed by atoms with E-state index >= 15 is 0 Å². The van der Waals surface area contributed by atoms with Gasteiger partial charge in [-0.3, -0.25) is 4.79 Å². The van der Waals surface area contributed by atoms with E-state index in [9.17, 15) is 9.90 Å². The number of aromatic nitrogens is 2. The molecule has 0 unspecified atom stereocenters. The quantitative estimate of drug-likeness (QED) is 0.668. The van der Waals surface area contributed by atoms with Crippen LogP contribution < -0.4 is 4.74 Å². The molecule has 0 aliphatic heterocycles. The molecule has 0 saturated heterocycles. The van der Waals surface area contributed by atoms with Gasteiger partial charge in [0.25, 0.3) is 0 Å². The zero-order valence-electron chi connectivity index (χ0n) is 13.6. The summed E-state index contributed by atoms with van der Waals surface area (Å²) in [4.78, 5) is 15.9. The standard InChI is InChI=1S/C19H20N2O3/c1-2-3-11-24-15-8-6-7-14(12-15)19-20-16-9-4-5-10-17(16)21(19)13-18(22)23/h4-10,12H,2-3,11,13H2,1H3,(H,22,23). The van der Waals surface area contributed by atoms with E-state index in [2.05, 4.69) is 11.9 Å². The van der Waals surface area contributed by atoms with Gasteiger partial charge in [-0.25, -0.2) is 4.98 Å². The number of imidazole rings is 1. The molecule has 1 heterocycles. The maximum absolute atomic E-state index is 11.3. The summed E-state index contributed by atoms with van der Waals surface area (Å²) in [5.41, 5.74) is 2.44. The van der Waals surface area contributed by atoms with Crippen molar-refractivity contribution in [3.05, 3.63) is 48.5 Å². The van der Waals surface area contributed by atoms with Crippen molar-refractivity contribution in [3.63, 3.8) is 0 Å². The van der Waals surface area contributed by atoms with Crippen molar-refractivity contribution in [1.29, 1.82) is 0 Å². The average molecular weight is 324 g/mol. The van der Waals surface area contributed by atoms with Crippen molar-refractivity contribution in [1.82, 2.24) is 9.55 Å². The van der Waals surface area contributed by atoms with Crippen LogP contribution in [0, 0.1) is 0 Å². The number of ether oxygens (including phenoxy) is 1. The molecule has 5 nitrogen and oxygen atoms in total. The minimum Gasteiger partial charge on any atom is -0.494 e. The van der Waals surface area contributed by atoms with Crippen LogP contribution in [-0.4, -0.2) is 27.2 Å². The van der Waals surface area contributed by atoms with Gasteiger partial charge >= 0.3 is 5.97 Å². The van der Waals surface area contributed by atoms with Gasteiger partial charge in [0.05, 0.1) is 17.6 Å². The van der Waals surface area contributed by atoms with Crippen LogP contribution in [0.1, 0.15) is 19.8 Å². The average Bonchev–Trinajstić information content (AvgIpc) is 2.94. The molecule has 0 saturated carbocycles. The lowest BCUT2D eigenvalue weighted by Gasteiger charge is -2.09. The molecule has 1 aromatic heterocycles. The number of carboxylic acid groups (broad SMARTS) is 1. The van der Waals surface area contributed by atoms with Crippen LogP contribution in [0.5, 0.6) is 5.75 Å². The normalized spacial score (nSPS) is 10.9. The lowest BCUT2D eigenvalue weighted by atomic mass is 10.2. The first kappa shape index (κ1) is 16.1. The van der Waals surface area contributed by atoms with Crippen molar-refractivity contribution in [2.75, 3.05) is 6.61 Å². The third kappa shape index (κ3) is 3.40. The maximum Gasteiger partial charge on any atom is 0.323 e. The number of fused-ring (bicyclic) bond motifs is 1. The number of rotatable bonds is 7. The Balaban J connectivity index is 2.02. The summed E-state index contributed by atoms with van der Waals surface area (Å²) in [7, 11) is 0. The zero-order chi connectivity index (χ0) is 16.9. The van der Waals surface area contributed by atoms with Crippen LogP contribution in [0.4, 0.5) is 0 Å². The van der Waals surface area contributed by atoms with E-state index in [4.69, 9.17) is 4.74 Å². The molecule has 5 heteroatoms. The van der Waals surface area contributed by atoms with Gasteiger partial charge in [0, 0.05) is 5.56 Å². The monoisotopic (exact) mass is 324 g/mol. The highest BCUT2D eigenvalue weighted by atomic mass is 16.5. The molecular formula is C19H20N2O3. The number of benzene rings is 2.